The van der Waals surface area contributed by atoms with Crippen molar-refractivity contribution in [2.24, 2.45) is 5.41 Å². The van der Waals surface area contributed by atoms with E-state index < -0.39 is 35.5 Å². The van der Waals surface area contributed by atoms with Crippen LogP contribution in [0.15, 0.2) is 48.7 Å². The Labute approximate surface area is 353 Å². The Hall–Kier alpha value is -5.59. The quantitative estimate of drug-likeness (QED) is 0.263. The van der Waals surface area contributed by atoms with Crippen molar-refractivity contribution in [1.82, 2.24) is 25.0 Å². The maximum atomic E-state index is 15.5. The Balaban J connectivity index is 0.745. The number of rotatable bonds is 6. The summed E-state index contributed by atoms with van der Waals surface area (Å²) in [6.07, 6.45) is 6.60. The van der Waals surface area contributed by atoms with Gasteiger partial charge in [0.1, 0.15) is 17.7 Å². The smallest absolute Gasteiger partial charge is 0.262 e. The Morgan fingerprint density at radius 1 is 0.900 bits per heavy atom. The van der Waals surface area contributed by atoms with Gasteiger partial charge in [-0.3, -0.25) is 39.1 Å². The first kappa shape index (κ1) is 39.8. The number of imide groups is 2. The number of nitrogens with zero attached hydrogens (tertiary/aromatic N) is 8. The van der Waals surface area contributed by atoms with Crippen LogP contribution in [0, 0.1) is 17.8 Å². The summed E-state index contributed by atoms with van der Waals surface area (Å²) in [5.41, 5.74) is 2.57. The molecule has 0 bridgehead atoms. The highest BCUT2D eigenvalue weighted by atomic mass is 35.5. The van der Waals surface area contributed by atoms with Gasteiger partial charge < -0.3 is 19.6 Å². The molecule has 2 atom stereocenters. The van der Waals surface area contributed by atoms with Crippen molar-refractivity contribution < 1.29 is 28.4 Å². The zero-order valence-corrected chi connectivity index (χ0v) is 34.3. The number of likely N-dealkylation sites (tertiary alicyclic amines) is 1. The lowest BCUT2D eigenvalue weighted by Crippen LogP contribution is -2.54. The molecule has 16 heteroatoms. The number of halogens is 2. The van der Waals surface area contributed by atoms with Crippen molar-refractivity contribution in [2.75, 3.05) is 73.6 Å². The van der Waals surface area contributed by atoms with Crippen LogP contribution in [-0.4, -0.2) is 126 Å². The molecule has 9 rings (SSSR count). The monoisotopic (exact) mass is 835 g/mol. The van der Waals surface area contributed by atoms with E-state index in [2.05, 4.69) is 31.8 Å². The normalized spacial score (nSPS) is 23.7. The van der Waals surface area contributed by atoms with E-state index in [-0.39, 0.29) is 47.0 Å². The molecule has 5 fully saturated rings. The highest BCUT2D eigenvalue weighted by Gasteiger charge is 2.46. The molecule has 1 aromatic heterocycles. The summed E-state index contributed by atoms with van der Waals surface area (Å²) in [5.74, 6) is -2.29. The summed E-state index contributed by atoms with van der Waals surface area (Å²) in [5, 5.41) is 2.67. The number of piperidine rings is 3. The van der Waals surface area contributed by atoms with Gasteiger partial charge in [0, 0.05) is 94.3 Å². The highest BCUT2D eigenvalue weighted by Crippen LogP contribution is 2.46. The van der Waals surface area contributed by atoms with E-state index in [1.165, 1.54) is 6.07 Å². The number of carbonyl (C=O) groups excluding carboxylic acids is 5. The number of hydrogen-bond acceptors (Lipinski definition) is 10. The SMILES string of the molecule is [C-]#[N+]c1ccc(N2CC3(CCN(c4ccc(C(=O)N5CCC(N6CCN(c7cc8c(cc7F)C(=O)N(C7CCC(=O)NC7=O)C8=O)CC6)CC5)cn4)CC3)C[C@@H]2C)cc1Cl. The topological polar surface area (TPSA) is 134 Å². The van der Waals surface area contributed by atoms with E-state index in [9.17, 15) is 24.0 Å². The minimum absolute atomic E-state index is 0.0107. The average molecular weight is 836 g/mol. The van der Waals surface area contributed by atoms with Gasteiger partial charge in [-0.2, -0.15) is 0 Å². The number of hydrogen-bond donors (Lipinski definition) is 1. The third kappa shape index (κ3) is 7.23. The lowest BCUT2D eigenvalue weighted by atomic mass is 9.77. The molecule has 14 nitrogen and oxygen atoms in total. The summed E-state index contributed by atoms with van der Waals surface area (Å²) >= 11 is 6.38. The zero-order chi connectivity index (χ0) is 41.9. The first-order chi connectivity index (χ1) is 28.9. The van der Waals surface area contributed by atoms with Crippen LogP contribution in [0.2, 0.25) is 5.02 Å². The van der Waals surface area contributed by atoms with Crippen LogP contribution in [0.3, 0.4) is 0 Å². The Morgan fingerprint density at radius 3 is 2.27 bits per heavy atom. The number of carbonyl (C=O) groups is 5. The van der Waals surface area contributed by atoms with Gasteiger partial charge in [-0.1, -0.05) is 17.7 Å². The molecule has 5 amide bonds. The minimum atomic E-state index is -1.11. The molecule has 6 aliphatic heterocycles. The van der Waals surface area contributed by atoms with E-state index in [1.54, 1.807) is 6.20 Å². The molecule has 1 unspecified atom stereocenters. The Kier molecular flexibility index (Phi) is 10.5. The molecule has 2 aromatic carbocycles. The van der Waals surface area contributed by atoms with Gasteiger partial charge in [0.2, 0.25) is 17.5 Å². The maximum Gasteiger partial charge on any atom is 0.262 e. The summed E-state index contributed by atoms with van der Waals surface area (Å²) < 4.78 is 15.5. The van der Waals surface area contributed by atoms with Gasteiger partial charge >= 0.3 is 0 Å². The molecule has 312 valence electrons. The highest BCUT2D eigenvalue weighted by molar-refractivity contribution is 6.33. The molecule has 7 heterocycles. The van der Waals surface area contributed by atoms with Crippen molar-refractivity contribution in [3.05, 3.63) is 87.6 Å². The molecule has 3 aromatic rings. The first-order valence-electron chi connectivity index (χ1n) is 20.9. The molecule has 0 aliphatic carbocycles. The number of pyridine rings is 1. The predicted octanol–water partition coefficient (Wildman–Crippen LogP) is 5.14. The molecular weight excluding hydrogens is 789 g/mol. The fourth-order valence-corrected chi connectivity index (χ4v) is 10.6. The second-order valence-corrected chi connectivity index (χ2v) is 17.6. The van der Waals surface area contributed by atoms with Gasteiger partial charge in [-0.05, 0) is 87.3 Å². The zero-order valence-electron chi connectivity index (χ0n) is 33.5. The Bertz CT molecular complexity index is 2300. The number of piperazine rings is 1. The summed E-state index contributed by atoms with van der Waals surface area (Å²) in [4.78, 5) is 84.1. The third-order valence-electron chi connectivity index (χ3n) is 13.7. The number of nitrogens with one attached hydrogen (secondary N) is 1. The summed E-state index contributed by atoms with van der Waals surface area (Å²) in [7, 11) is 0. The van der Waals surface area contributed by atoms with Gasteiger partial charge in [0.05, 0.1) is 28.9 Å². The van der Waals surface area contributed by atoms with Crippen LogP contribution < -0.4 is 20.0 Å². The fourth-order valence-electron chi connectivity index (χ4n) is 10.4. The van der Waals surface area contributed by atoms with Crippen molar-refractivity contribution >= 4 is 64.0 Å². The second kappa shape index (κ2) is 15.8. The molecule has 60 heavy (non-hydrogen) atoms. The predicted molar refractivity (Wildman–Crippen MR) is 223 cm³/mol. The standard InChI is InChI=1S/C44H47ClFN9O5/c1-27-24-44(26-54(27)30-4-5-35(47-2)33(45)21-30)11-15-52(16-12-44)38-7-3-28(25-48-38)41(58)53-13-9-29(10-14-53)50-17-19-51(20-18-50)37-23-32-31(22-34(37)46)42(59)55(43(32)60)36-6-8-39(56)49-40(36)57/h3-5,7,21-23,25,27,29,36H,6,8-20,24,26H2,1H3,(H,49,56,57)/t27-,36?/m0/s1. The number of amides is 5. The van der Waals surface area contributed by atoms with Gasteiger partial charge in [-0.15, -0.1) is 0 Å². The molecule has 0 radical (unpaired) electrons. The average Bonchev–Trinajstić information content (AvgIpc) is 3.70. The number of anilines is 3. The largest absolute Gasteiger partial charge is 0.368 e. The fraction of sp³-hybridized carbons (Fsp3) is 0.477. The van der Waals surface area contributed by atoms with E-state index in [0.717, 1.165) is 74.2 Å². The van der Waals surface area contributed by atoms with Gasteiger partial charge in [0.15, 0.2) is 0 Å². The van der Waals surface area contributed by atoms with E-state index >= 15 is 4.39 Å². The third-order valence-corrected chi connectivity index (χ3v) is 14.0. The summed E-state index contributed by atoms with van der Waals surface area (Å²) in [6, 6.07) is 11.6. The molecular formula is C44H47ClFN9O5. The van der Waals surface area contributed by atoms with Crippen LogP contribution in [0.25, 0.3) is 4.85 Å². The second-order valence-electron chi connectivity index (χ2n) is 17.2. The van der Waals surface area contributed by atoms with Gasteiger partial charge in [-0.25, -0.2) is 14.2 Å². The maximum absolute atomic E-state index is 15.5. The molecule has 5 saturated heterocycles. The number of fused-ring (bicyclic) bond motifs is 1. The van der Waals surface area contributed by atoms with Crippen molar-refractivity contribution in [3.8, 4) is 0 Å². The number of benzene rings is 2. The lowest BCUT2D eigenvalue weighted by Gasteiger charge is -2.43. The van der Waals surface area contributed by atoms with E-state index in [4.69, 9.17) is 23.2 Å². The van der Waals surface area contributed by atoms with Gasteiger partial charge in [0.25, 0.3) is 17.7 Å². The molecule has 1 spiro atoms. The molecule has 1 N–H and O–H groups in total. The number of aromatic nitrogens is 1. The van der Waals surface area contributed by atoms with E-state index in [0.29, 0.717) is 61.6 Å². The van der Waals surface area contributed by atoms with Crippen molar-refractivity contribution in [2.45, 2.75) is 70.0 Å². The van der Waals surface area contributed by atoms with E-state index in [1.807, 2.05) is 40.1 Å². The minimum Gasteiger partial charge on any atom is -0.368 e. The van der Waals surface area contributed by atoms with Crippen molar-refractivity contribution in [3.63, 3.8) is 0 Å². The van der Waals surface area contributed by atoms with Crippen LogP contribution in [0.5, 0.6) is 0 Å². The van der Waals surface area contributed by atoms with Crippen LogP contribution in [0.4, 0.5) is 27.3 Å². The van der Waals surface area contributed by atoms with Crippen LogP contribution >= 0.6 is 11.6 Å². The molecule has 0 saturated carbocycles. The molecule has 6 aliphatic rings. The van der Waals surface area contributed by atoms with Crippen molar-refractivity contribution in [1.29, 1.82) is 0 Å². The summed E-state index contributed by atoms with van der Waals surface area (Å²) in [6.45, 7) is 16.0. The Morgan fingerprint density at radius 2 is 1.62 bits per heavy atom. The lowest BCUT2D eigenvalue weighted by molar-refractivity contribution is -0.136. The van der Waals surface area contributed by atoms with Crippen LogP contribution in [-0.2, 0) is 9.59 Å². The first-order valence-corrected chi connectivity index (χ1v) is 21.3. The van der Waals surface area contributed by atoms with Crippen LogP contribution in [0.1, 0.15) is 82.9 Å².